The Balaban J connectivity index is 1.51. The second-order valence-electron chi connectivity index (χ2n) is 5.18. The number of aliphatic hydroxyl groups excluding tert-OH is 1. The second-order valence-corrected chi connectivity index (χ2v) is 5.18. The van der Waals surface area contributed by atoms with Crippen molar-refractivity contribution in [3.63, 3.8) is 0 Å². The molecular weight excluding hydrogens is 299 g/mol. The number of aromatic nitrogens is 2. The van der Waals surface area contributed by atoms with Gasteiger partial charge in [0, 0.05) is 11.8 Å². The molecule has 0 saturated carbocycles. The van der Waals surface area contributed by atoms with Crippen LogP contribution in [0, 0.1) is 5.82 Å². The molecule has 0 bridgehead atoms. The third kappa shape index (κ3) is 4.28. The van der Waals surface area contributed by atoms with Gasteiger partial charge in [0.2, 0.25) is 0 Å². The Hall–Kier alpha value is -2.44. The SMILES string of the molecule is O[C@@H](COCc1ccco1)Cn1ccc(-c2ccc(F)cc2)n1. The molecule has 5 nitrogen and oxygen atoms in total. The number of nitrogens with zero attached hydrogens (tertiary/aromatic N) is 2. The number of hydrogen-bond donors (Lipinski definition) is 1. The van der Waals surface area contributed by atoms with Gasteiger partial charge in [-0.1, -0.05) is 0 Å². The van der Waals surface area contributed by atoms with Crippen molar-refractivity contribution in [2.24, 2.45) is 0 Å². The lowest BCUT2D eigenvalue weighted by atomic mass is 10.1. The summed E-state index contributed by atoms with van der Waals surface area (Å²) in [5.74, 6) is 0.437. The first-order chi connectivity index (χ1) is 11.2. The van der Waals surface area contributed by atoms with Crippen LogP contribution in [0.15, 0.2) is 59.3 Å². The maximum atomic E-state index is 12.9. The lowest BCUT2D eigenvalue weighted by Gasteiger charge is -2.10. The molecule has 0 unspecified atom stereocenters. The fourth-order valence-corrected chi connectivity index (χ4v) is 2.20. The number of ether oxygens (including phenoxy) is 1. The van der Waals surface area contributed by atoms with E-state index in [-0.39, 0.29) is 12.4 Å². The number of halogens is 1. The quantitative estimate of drug-likeness (QED) is 0.728. The van der Waals surface area contributed by atoms with E-state index in [0.29, 0.717) is 13.2 Å². The molecule has 1 aromatic carbocycles. The van der Waals surface area contributed by atoms with Crippen molar-refractivity contribution >= 4 is 0 Å². The molecule has 0 aliphatic rings. The highest BCUT2D eigenvalue weighted by Crippen LogP contribution is 2.17. The van der Waals surface area contributed by atoms with Gasteiger partial charge in [-0.25, -0.2) is 4.39 Å². The Morgan fingerprint density at radius 1 is 1.22 bits per heavy atom. The molecule has 0 aliphatic carbocycles. The van der Waals surface area contributed by atoms with Crippen LogP contribution in [0.25, 0.3) is 11.3 Å². The number of hydrogen-bond acceptors (Lipinski definition) is 4. The molecule has 0 aliphatic heterocycles. The van der Waals surface area contributed by atoms with Crippen LogP contribution in [-0.4, -0.2) is 27.6 Å². The van der Waals surface area contributed by atoms with Crippen molar-refractivity contribution in [3.8, 4) is 11.3 Å². The molecule has 0 radical (unpaired) electrons. The highest BCUT2D eigenvalue weighted by molar-refractivity contribution is 5.58. The highest BCUT2D eigenvalue weighted by Gasteiger charge is 2.09. The van der Waals surface area contributed by atoms with Crippen LogP contribution in [0.4, 0.5) is 4.39 Å². The molecule has 2 heterocycles. The van der Waals surface area contributed by atoms with Crippen LogP contribution in [0.5, 0.6) is 0 Å². The van der Waals surface area contributed by atoms with E-state index < -0.39 is 6.10 Å². The van der Waals surface area contributed by atoms with Crippen LogP contribution < -0.4 is 0 Å². The van der Waals surface area contributed by atoms with E-state index in [2.05, 4.69) is 5.10 Å². The monoisotopic (exact) mass is 316 g/mol. The van der Waals surface area contributed by atoms with Gasteiger partial charge in [0.05, 0.1) is 31.2 Å². The van der Waals surface area contributed by atoms with Gasteiger partial charge in [0.1, 0.15) is 18.2 Å². The predicted molar refractivity (Wildman–Crippen MR) is 82.0 cm³/mol. The van der Waals surface area contributed by atoms with Gasteiger partial charge >= 0.3 is 0 Å². The molecule has 1 atom stereocenters. The maximum Gasteiger partial charge on any atom is 0.129 e. The molecule has 2 aromatic heterocycles. The fourth-order valence-electron chi connectivity index (χ4n) is 2.20. The van der Waals surface area contributed by atoms with E-state index >= 15 is 0 Å². The zero-order chi connectivity index (χ0) is 16.1. The molecule has 0 amide bonds. The maximum absolute atomic E-state index is 12.9. The molecule has 1 N–H and O–H groups in total. The zero-order valence-corrected chi connectivity index (χ0v) is 12.4. The van der Waals surface area contributed by atoms with Crippen molar-refractivity contribution < 1.29 is 18.7 Å². The first kappa shape index (κ1) is 15.5. The minimum Gasteiger partial charge on any atom is -0.467 e. The Morgan fingerprint density at radius 2 is 2.04 bits per heavy atom. The second kappa shape index (κ2) is 7.21. The first-order valence-corrected chi connectivity index (χ1v) is 7.28. The van der Waals surface area contributed by atoms with Crippen molar-refractivity contribution in [2.75, 3.05) is 6.61 Å². The lowest BCUT2D eigenvalue weighted by Crippen LogP contribution is -2.22. The molecule has 3 rings (SSSR count). The molecule has 0 fully saturated rings. The molecule has 3 aromatic rings. The van der Waals surface area contributed by atoms with Crippen LogP contribution in [0.1, 0.15) is 5.76 Å². The van der Waals surface area contributed by atoms with Gasteiger partial charge in [-0.05, 0) is 42.5 Å². The molecular formula is C17H17FN2O3. The Kier molecular flexibility index (Phi) is 4.85. The van der Waals surface area contributed by atoms with Crippen LogP contribution in [0.3, 0.4) is 0 Å². The predicted octanol–water partition coefficient (Wildman–Crippen LogP) is 2.86. The summed E-state index contributed by atoms with van der Waals surface area (Å²) < 4.78 is 25.1. The average molecular weight is 316 g/mol. The van der Waals surface area contributed by atoms with E-state index in [0.717, 1.165) is 17.0 Å². The van der Waals surface area contributed by atoms with Crippen LogP contribution in [0.2, 0.25) is 0 Å². The minimum atomic E-state index is -0.675. The van der Waals surface area contributed by atoms with Gasteiger partial charge in [-0.15, -0.1) is 0 Å². The van der Waals surface area contributed by atoms with E-state index in [1.165, 1.54) is 12.1 Å². The van der Waals surface area contributed by atoms with Crippen LogP contribution in [-0.2, 0) is 17.9 Å². The van der Waals surface area contributed by atoms with Crippen molar-refractivity contribution in [2.45, 2.75) is 19.3 Å². The molecule has 6 heteroatoms. The third-order valence-electron chi connectivity index (χ3n) is 3.31. The summed E-state index contributed by atoms with van der Waals surface area (Å²) in [7, 11) is 0. The average Bonchev–Trinajstić information content (AvgIpc) is 3.20. The minimum absolute atomic E-state index is 0.187. The summed E-state index contributed by atoms with van der Waals surface area (Å²) in [6.45, 7) is 0.829. The Morgan fingerprint density at radius 3 is 2.78 bits per heavy atom. The molecule has 0 saturated heterocycles. The smallest absolute Gasteiger partial charge is 0.129 e. The molecule has 120 valence electrons. The normalized spacial score (nSPS) is 12.4. The standard InChI is InChI=1S/C17H17FN2O3/c18-14-5-3-13(4-6-14)17-7-8-20(19-17)10-15(21)11-22-12-16-2-1-9-23-16/h1-9,15,21H,10-12H2/t15-/m1/s1. The zero-order valence-electron chi connectivity index (χ0n) is 12.4. The van der Waals surface area contributed by atoms with E-state index in [9.17, 15) is 9.50 Å². The van der Waals surface area contributed by atoms with Gasteiger partial charge in [0.15, 0.2) is 0 Å². The number of benzene rings is 1. The van der Waals surface area contributed by atoms with E-state index in [4.69, 9.17) is 9.15 Å². The number of rotatable bonds is 7. The van der Waals surface area contributed by atoms with Gasteiger partial charge in [0.25, 0.3) is 0 Å². The van der Waals surface area contributed by atoms with Crippen molar-refractivity contribution in [1.29, 1.82) is 0 Å². The van der Waals surface area contributed by atoms with Crippen molar-refractivity contribution in [1.82, 2.24) is 9.78 Å². The highest BCUT2D eigenvalue weighted by atomic mass is 19.1. The largest absolute Gasteiger partial charge is 0.467 e. The number of furan rings is 1. The van der Waals surface area contributed by atoms with Crippen molar-refractivity contribution in [3.05, 3.63) is 66.5 Å². The molecule has 0 spiro atoms. The summed E-state index contributed by atoms with van der Waals surface area (Å²) >= 11 is 0. The van der Waals surface area contributed by atoms with Gasteiger partial charge < -0.3 is 14.3 Å². The summed E-state index contributed by atoms with van der Waals surface area (Å²) in [6.07, 6.45) is 2.68. The first-order valence-electron chi connectivity index (χ1n) is 7.28. The molecule has 23 heavy (non-hydrogen) atoms. The Bertz CT molecular complexity index is 723. The summed E-state index contributed by atoms with van der Waals surface area (Å²) in [6, 6.07) is 11.6. The van der Waals surface area contributed by atoms with E-state index in [1.807, 2.05) is 12.1 Å². The van der Waals surface area contributed by atoms with Gasteiger partial charge in [-0.3, -0.25) is 4.68 Å². The third-order valence-corrected chi connectivity index (χ3v) is 3.31. The summed E-state index contributed by atoms with van der Waals surface area (Å²) in [4.78, 5) is 0. The van der Waals surface area contributed by atoms with E-state index in [1.54, 1.807) is 35.3 Å². The summed E-state index contributed by atoms with van der Waals surface area (Å²) in [5.41, 5.74) is 1.56. The summed E-state index contributed by atoms with van der Waals surface area (Å²) in [5, 5.41) is 14.3. The lowest BCUT2D eigenvalue weighted by molar-refractivity contribution is 0.0132. The Labute approximate surface area is 132 Å². The van der Waals surface area contributed by atoms with Gasteiger partial charge in [-0.2, -0.15) is 5.10 Å². The number of aliphatic hydroxyl groups is 1. The topological polar surface area (TPSA) is 60.4 Å². The fraction of sp³-hybridized carbons (Fsp3) is 0.235. The van der Waals surface area contributed by atoms with Crippen LogP contribution >= 0.6 is 0 Å².